The molecule has 0 amide bonds. The third kappa shape index (κ3) is 5.06. The fraction of sp³-hybridized carbons (Fsp3) is 0.143. The number of nitrogens with one attached hydrogen (secondary N) is 2. The van der Waals surface area contributed by atoms with Crippen molar-refractivity contribution < 1.29 is 21.8 Å². The number of aryl methyl sites for hydroxylation is 3. The van der Waals surface area contributed by atoms with Crippen molar-refractivity contribution >= 4 is 37.1 Å². The molecule has 2 N–H and O–H groups in total. The number of hydrogen-bond donors (Lipinski definition) is 2. The molecule has 0 saturated heterocycles. The first-order chi connectivity index (χ1) is 14.9. The van der Waals surface area contributed by atoms with Crippen LogP contribution in [0.1, 0.15) is 16.7 Å². The molecule has 0 aromatic heterocycles. The maximum atomic E-state index is 12.7. The van der Waals surface area contributed by atoms with Gasteiger partial charge in [0.25, 0.3) is 25.7 Å². The summed E-state index contributed by atoms with van der Waals surface area (Å²) in [7, 11) is -8.00. The summed E-state index contributed by atoms with van der Waals surface area (Å²) in [5, 5.41) is 11.0. The Morgan fingerprint density at radius 1 is 0.688 bits per heavy atom. The molecule has 0 spiro atoms. The van der Waals surface area contributed by atoms with Crippen LogP contribution in [0.15, 0.2) is 70.5 Å². The van der Waals surface area contributed by atoms with Crippen LogP contribution in [0.3, 0.4) is 0 Å². The van der Waals surface area contributed by atoms with Crippen LogP contribution in [-0.2, 0) is 20.0 Å². The van der Waals surface area contributed by atoms with Crippen LogP contribution in [-0.4, -0.2) is 21.8 Å². The maximum Gasteiger partial charge on any atom is 0.270 e. The first-order valence-electron chi connectivity index (χ1n) is 9.37. The molecule has 3 rings (SSSR count). The Balaban J connectivity index is 1.83. The summed E-state index contributed by atoms with van der Waals surface area (Å²) >= 11 is 0. The normalized spacial score (nSPS) is 11.7. The standard InChI is InChI=1S/C21H21N3O6S2/c1-14-4-6-18(12-16(14)3)23-31(27,28)20-10-7-17(8-11-20)22-32(29,30)21-13-19(24(25)26)9-5-15(21)2/h4-13,22-23H,1-3H3. The summed E-state index contributed by atoms with van der Waals surface area (Å²) in [6.07, 6.45) is 0. The highest BCUT2D eigenvalue weighted by Crippen LogP contribution is 2.25. The Bertz CT molecular complexity index is 1400. The highest BCUT2D eigenvalue weighted by atomic mass is 32.2. The summed E-state index contributed by atoms with van der Waals surface area (Å²) in [4.78, 5) is 10.0. The molecule has 0 fully saturated rings. The van der Waals surface area contributed by atoms with Gasteiger partial charge in [-0.3, -0.25) is 19.6 Å². The van der Waals surface area contributed by atoms with E-state index < -0.39 is 25.0 Å². The molecule has 0 unspecified atom stereocenters. The fourth-order valence-electron chi connectivity index (χ4n) is 2.92. The van der Waals surface area contributed by atoms with Gasteiger partial charge in [-0.1, -0.05) is 12.1 Å². The minimum atomic E-state index is -4.13. The molecule has 0 saturated carbocycles. The average molecular weight is 476 g/mol. The molecule has 168 valence electrons. The predicted octanol–water partition coefficient (Wildman–Crippen LogP) is 4.12. The zero-order valence-corrected chi connectivity index (χ0v) is 19.1. The SMILES string of the molecule is Cc1ccc(NS(=O)(=O)c2ccc(NS(=O)(=O)c3cc([N+](=O)[O-])ccc3C)cc2)cc1C. The van der Waals surface area contributed by atoms with E-state index in [2.05, 4.69) is 9.44 Å². The second-order valence-corrected chi connectivity index (χ2v) is 10.6. The van der Waals surface area contributed by atoms with Crippen LogP contribution in [0.2, 0.25) is 0 Å². The van der Waals surface area contributed by atoms with Gasteiger partial charge in [-0.2, -0.15) is 0 Å². The summed E-state index contributed by atoms with van der Waals surface area (Å²) < 4.78 is 55.5. The molecule has 11 heteroatoms. The minimum Gasteiger partial charge on any atom is -0.280 e. The van der Waals surface area contributed by atoms with Crippen LogP contribution in [0, 0.1) is 30.9 Å². The molecule has 0 aliphatic carbocycles. The summed E-state index contributed by atoms with van der Waals surface area (Å²) in [6, 6.07) is 13.9. The molecule has 3 aromatic rings. The number of nitro benzene ring substituents is 1. The third-order valence-electron chi connectivity index (χ3n) is 4.85. The van der Waals surface area contributed by atoms with Crippen molar-refractivity contribution in [2.75, 3.05) is 9.44 Å². The van der Waals surface area contributed by atoms with E-state index in [-0.39, 0.29) is 21.2 Å². The van der Waals surface area contributed by atoms with Crippen molar-refractivity contribution in [3.05, 3.63) is 87.5 Å². The van der Waals surface area contributed by atoms with Crippen LogP contribution >= 0.6 is 0 Å². The van der Waals surface area contributed by atoms with Gasteiger partial charge >= 0.3 is 0 Å². The minimum absolute atomic E-state index is 0.0507. The molecular weight excluding hydrogens is 454 g/mol. The van der Waals surface area contributed by atoms with E-state index in [4.69, 9.17) is 0 Å². The van der Waals surface area contributed by atoms with Crippen LogP contribution in [0.25, 0.3) is 0 Å². The number of nitrogens with zero attached hydrogens (tertiary/aromatic N) is 1. The van der Waals surface area contributed by atoms with Crippen LogP contribution in [0.4, 0.5) is 17.1 Å². The molecule has 0 aliphatic heterocycles. The number of benzene rings is 3. The van der Waals surface area contributed by atoms with Crippen molar-refractivity contribution in [3.8, 4) is 0 Å². The number of rotatable bonds is 7. The Kier molecular flexibility index (Phi) is 6.24. The number of hydrogen-bond acceptors (Lipinski definition) is 6. The van der Waals surface area contributed by atoms with Crippen molar-refractivity contribution in [3.63, 3.8) is 0 Å². The zero-order chi connectivity index (χ0) is 23.7. The maximum absolute atomic E-state index is 12.7. The van der Waals surface area contributed by atoms with Gasteiger partial charge in [0.15, 0.2) is 0 Å². The molecule has 32 heavy (non-hydrogen) atoms. The van der Waals surface area contributed by atoms with E-state index in [1.807, 2.05) is 13.8 Å². The van der Waals surface area contributed by atoms with Gasteiger partial charge in [0.1, 0.15) is 0 Å². The van der Waals surface area contributed by atoms with Crippen molar-refractivity contribution in [1.29, 1.82) is 0 Å². The predicted molar refractivity (Wildman–Crippen MR) is 122 cm³/mol. The second-order valence-electron chi connectivity index (χ2n) is 7.24. The Hall–Kier alpha value is -3.44. The summed E-state index contributed by atoms with van der Waals surface area (Å²) in [5.74, 6) is 0. The van der Waals surface area contributed by atoms with Crippen molar-refractivity contribution in [2.45, 2.75) is 30.6 Å². The van der Waals surface area contributed by atoms with E-state index in [1.54, 1.807) is 18.2 Å². The van der Waals surface area contributed by atoms with Gasteiger partial charge in [0.2, 0.25) is 0 Å². The monoisotopic (exact) mass is 475 g/mol. The van der Waals surface area contributed by atoms with E-state index in [1.165, 1.54) is 43.3 Å². The first kappa shape index (κ1) is 23.2. The second kappa shape index (κ2) is 8.60. The lowest BCUT2D eigenvalue weighted by Gasteiger charge is -2.12. The number of nitro groups is 1. The van der Waals surface area contributed by atoms with Gasteiger partial charge in [-0.05, 0) is 73.9 Å². The fourth-order valence-corrected chi connectivity index (χ4v) is 5.30. The Labute approximate surface area is 186 Å². The average Bonchev–Trinajstić information content (AvgIpc) is 2.70. The van der Waals surface area contributed by atoms with Crippen LogP contribution < -0.4 is 9.44 Å². The van der Waals surface area contributed by atoms with E-state index in [9.17, 15) is 26.9 Å². The smallest absolute Gasteiger partial charge is 0.270 e. The number of sulfonamides is 2. The summed E-state index contributed by atoms with van der Waals surface area (Å²) in [6.45, 7) is 5.31. The number of anilines is 2. The van der Waals surface area contributed by atoms with E-state index in [0.717, 1.165) is 17.2 Å². The number of non-ortho nitro benzene ring substituents is 1. The largest absolute Gasteiger partial charge is 0.280 e. The molecule has 3 aromatic carbocycles. The Morgan fingerprint density at radius 3 is 1.84 bits per heavy atom. The highest BCUT2D eigenvalue weighted by Gasteiger charge is 2.21. The molecular formula is C21H21N3O6S2. The highest BCUT2D eigenvalue weighted by molar-refractivity contribution is 7.93. The molecule has 0 aliphatic rings. The first-order valence-corrected chi connectivity index (χ1v) is 12.3. The van der Waals surface area contributed by atoms with Gasteiger partial charge in [-0.25, -0.2) is 16.8 Å². The van der Waals surface area contributed by atoms with Crippen LogP contribution in [0.5, 0.6) is 0 Å². The lowest BCUT2D eigenvalue weighted by atomic mass is 10.1. The lowest BCUT2D eigenvalue weighted by Crippen LogP contribution is -2.15. The molecule has 0 radical (unpaired) electrons. The summed E-state index contributed by atoms with van der Waals surface area (Å²) in [5.41, 5.74) is 2.48. The quantitative estimate of drug-likeness (QED) is 0.390. The van der Waals surface area contributed by atoms with E-state index in [0.29, 0.717) is 11.3 Å². The van der Waals surface area contributed by atoms with Gasteiger partial charge in [0, 0.05) is 23.5 Å². The zero-order valence-electron chi connectivity index (χ0n) is 17.5. The van der Waals surface area contributed by atoms with Gasteiger partial charge in [0.05, 0.1) is 14.7 Å². The van der Waals surface area contributed by atoms with Gasteiger partial charge in [-0.15, -0.1) is 0 Å². The Morgan fingerprint density at radius 2 is 1.25 bits per heavy atom. The van der Waals surface area contributed by atoms with Crippen molar-refractivity contribution in [1.82, 2.24) is 0 Å². The van der Waals surface area contributed by atoms with E-state index >= 15 is 0 Å². The van der Waals surface area contributed by atoms with Gasteiger partial charge < -0.3 is 0 Å². The molecule has 0 bridgehead atoms. The topological polar surface area (TPSA) is 135 Å². The lowest BCUT2D eigenvalue weighted by molar-refractivity contribution is -0.385. The molecule has 0 heterocycles. The third-order valence-corrected chi connectivity index (χ3v) is 7.77. The molecule has 9 nitrogen and oxygen atoms in total. The molecule has 0 atom stereocenters. The van der Waals surface area contributed by atoms with Crippen molar-refractivity contribution in [2.24, 2.45) is 0 Å².